The molecular formula is C13H11BrN2O4. The Bertz CT molecular complexity index is 761. The zero-order valence-electron chi connectivity index (χ0n) is 10.5. The van der Waals surface area contributed by atoms with Crippen molar-refractivity contribution in [3.05, 3.63) is 66.9 Å². The van der Waals surface area contributed by atoms with Gasteiger partial charge in [-0.2, -0.15) is 0 Å². The van der Waals surface area contributed by atoms with E-state index >= 15 is 0 Å². The number of hydrogen-bond donors (Lipinski definition) is 2. The third kappa shape index (κ3) is 2.72. The van der Waals surface area contributed by atoms with Crippen molar-refractivity contribution in [1.82, 2.24) is 9.55 Å². The normalized spacial score (nSPS) is 12.1. The maximum absolute atomic E-state index is 11.8. The highest BCUT2D eigenvalue weighted by molar-refractivity contribution is 9.10. The van der Waals surface area contributed by atoms with Gasteiger partial charge in [-0.25, -0.2) is 9.59 Å². The zero-order valence-corrected chi connectivity index (χ0v) is 12.0. The Morgan fingerprint density at radius 2 is 1.90 bits per heavy atom. The van der Waals surface area contributed by atoms with E-state index in [9.17, 15) is 14.4 Å². The summed E-state index contributed by atoms with van der Waals surface area (Å²) in [5.41, 5.74) is -1.19. The number of carbonyl (C=O) groups is 1. The Hall–Kier alpha value is -2.15. The summed E-state index contributed by atoms with van der Waals surface area (Å²) in [4.78, 5) is 36.1. The second kappa shape index (κ2) is 5.46. The molecule has 2 rings (SSSR count). The van der Waals surface area contributed by atoms with Crippen LogP contribution in [-0.2, 0) is 0 Å². The highest BCUT2D eigenvalue weighted by Gasteiger charge is 2.15. The van der Waals surface area contributed by atoms with Gasteiger partial charge in [-0.05, 0) is 24.6 Å². The molecule has 2 N–H and O–H groups in total. The standard InChI is InChI=1S/C13H11BrN2O4/c1-7(8-2-4-9(14)5-3-8)16-6-10(12(18)19)11(17)15-13(16)20/h2-7H,1H3,(H,18,19)(H,15,17,20). The summed E-state index contributed by atoms with van der Waals surface area (Å²) in [7, 11) is 0. The molecule has 0 aliphatic heterocycles. The number of aromatic amines is 1. The summed E-state index contributed by atoms with van der Waals surface area (Å²) in [6.07, 6.45) is 1.07. The molecule has 1 atom stereocenters. The summed E-state index contributed by atoms with van der Waals surface area (Å²) in [5.74, 6) is -1.37. The van der Waals surface area contributed by atoms with Crippen LogP contribution in [0.5, 0.6) is 0 Å². The molecule has 0 amide bonds. The Balaban J connectivity index is 2.54. The molecule has 2 aromatic rings. The van der Waals surface area contributed by atoms with Crippen LogP contribution >= 0.6 is 15.9 Å². The highest BCUT2D eigenvalue weighted by Crippen LogP contribution is 2.18. The summed E-state index contributed by atoms with van der Waals surface area (Å²) >= 11 is 3.31. The van der Waals surface area contributed by atoms with Gasteiger partial charge in [-0.3, -0.25) is 14.3 Å². The van der Waals surface area contributed by atoms with Crippen LogP contribution in [-0.4, -0.2) is 20.6 Å². The van der Waals surface area contributed by atoms with Crippen LogP contribution in [0, 0.1) is 0 Å². The van der Waals surface area contributed by atoms with Crippen LogP contribution in [0.4, 0.5) is 0 Å². The number of carboxylic acid groups (broad SMARTS) is 1. The van der Waals surface area contributed by atoms with Crippen molar-refractivity contribution in [1.29, 1.82) is 0 Å². The van der Waals surface area contributed by atoms with E-state index in [1.54, 1.807) is 6.92 Å². The monoisotopic (exact) mass is 338 g/mol. The zero-order chi connectivity index (χ0) is 14.9. The first-order valence-corrected chi connectivity index (χ1v) is 6.53. The fourth-order valence-corrected chi connectivity index (χ4v) is 2.09. The number of aromatic carboxylic acids is 1. The van der Waals surface area contributed by atoms with Gasteiger partial charge in [0.2, 0.25) is 0 Å². The van der Waals surface area contributed by atoms with Crippen molar-refractivity contribution in [3.8, 4) is 0 Å². The molecule has 0 spiro atoms. The molecule has 0 saturated carbocycles. The van der Waals surface area contributed by atoms with Crippen LogP contribution in [0.2, 0.25) is 0 Å². The maximum Gasteiger partial charge on any atom is 0.342 e. The number of H-pyrrole nitrogens is 1. The van der Waals surface area contributed by atoms with Crippen LogP contribution in [0.3, 0.4) is 0 Å². The van der Waals surface area contributed by atoms with Gasteiger partial charge in [-0.1, -0.05) is 28.1 Å². The first-order chi connectivity index (χ1) is 9.40. The quantitative estimate of drug-likeness (QED) is 0.889. The van der Waals surface area contributed by atoms with E-state index in [2.05, 4.69) is 15.9 Å². The van der Waals surface area contributed by atoms with Crippen molar-refractivity contribution in [2.45, 2.75) is 13.0 Å². The van der Waals surface area contributed by atoms with Crippen LogP contribution in [0.1, 0.15) is 28.9 Å². The van der Waals surface area contributed by atoms with Crippen LogP contribution < -0.4 is 11.2 Å². The number of hydrogen-bond acceptors (Lipinski definition) is 3. The number of nitrogens with one attached hydrogen (secondary N) is 1. The molecule has 1 aromatic carbocycles. The SMILES string of the molecule is CC(c1ccc(Br)cc1)n1cc(C(=O)O)c(=O)[nH]c1=O. The summed E-state index contributed by atoms with van der Waals surface area (Å²) < 4.78 is 2.09. The molecule has 0 saturated heterocycles. The minimum atomic E-state index is -1.37. The van der Waals surface area contributed by atoms with Gasteiger partial charge >= 0.3 is 11.7 Å². The average Bonchev–Trinajstić information content (AvgIpc) is 2.38. The average molecular weight is 339 g/mol. The molecule has 0 aliphatic rings. The second-order valence-electron chi connectivity index (χ2n) is 4.24. The Morgan fingerprint density at radius 3 is 2.45 bits per heavy atom. The van der Waals surface area contributed by atoms with E-state index < -0.39 is 28.8 Å². The molecule has 0 bridgehead atoms. The highest BCUT2D eigenvalue weighted by atomic mass is 79.9. The van der Waals surface area contributed by atoms with Gasteiger partial charge in [0, 0.05) is 10.7 Å². The number of aromatic nitrogens is 2. The van der Waals surface area contributed by atoms with Gasteiger partial charge in [0.25, 0.3) is 5.56 Å². The van der Waals surface area contributed by atoms with Crippen molar-refractivity contribution < 1.29 is 9.90 Å². The van der Waals surface area contributed by atoms with E-state index in [1.165, 1.54) is 4.57 Å². The molecule has 1 unspecified atom stereocenters. The lowest BCUT2D eigenvalue weighted by atomic mass is 10.1. The third-order valence-electron chi connectivity index (χ3n) is 2.97. The molecular weight excluding hydrogens is 328 g/mol. The van der Waals surface area contributed by atoms with Crippen LogP contribution in [0.25, 0.3) is 0 Å². The van der Waals surface area contributed by atoms with E-state index in [0.717, 1.165) is 16.2 Å². The maximum atomic E-state index is 11.8. The van der Waals surface area contributed by atoms with Gasteiger partial charge in [0.15, 0.2) is 0 Å². The molecule has 1 heterocycles. The predicted octanol–water partition coefficient (Wildman–Crippen LogP) is 1.61. The minimum absolute atomic E-state index is 0.398. The molecule has 7 heteroatoms. The fraction of sp³-hybridized carbons (Fsp3) is 0.154. The van der Waals surface area contributed by atoms with E-state index in [1.807, 2.05) is 29.2 Å². The molecule has 6 nitrogen and oxygen atoms in total. The lowest BCUT2D eigenvalue weighted by Crippen LogP contribution is -2.35. The van der Waals surface area contributed by atoms with Gasteiger partial charge in [0.1, 0.15) is 5.56 Å². The molecule has 0 aliphatic carbocycles. The number of benzene rings is 1. The predicted molar refractivity (Wildman–Crippen MR) is 76.2 cm³/mol. The summed E-state index contributed by atoms with van der Waals surface area (Å²) in [5, 5.41) is 8.93. The van der Waals surface area contributed by atoms with Crippen molar-refractivity contribution in [2.24, 2.45) is 0 Å². The van der Waals surface area contributed by atoms with Crippen LogP contribution in [0.15, 0.2) is 44.5 Å². The number of carboxylic acids is 1. The van der Waals surface area contributed by atoms with E-state index in [4.69, 9.17) is 5.11 Å². The molecule has 104 valence electrons. The van der Waals surface area contributed by atoms with Crippen molar-refractivity contribution in [2.75, 3.05) is 0 Å². The fourth-order valence-electron chi connectivity index (χ4n) is 1.83. The third-order valence-corrected chi connectivity index (χ3v) is 3.50. The van der Waals surface area contributed by atoms with Gasteiger partial charge < -0.3 is 5.11 Å². The minimum Gasteiger partial charge on any atom is -0.477 e. The molecule has 0 fully saturated rings. The summed E-state index contributed by atoms with van der Waals surface area (Å²) in [6.45, 7) is 1.74. The van der Waals surface area contributed by atoms with Crippen molar-refractivity contribution in [3.63, 3.8) is 0 Å². The number of rotatable bonds is 3. The first kappa shape index (κ1) is 14.3. The van der Waals surface area contributed by atoms with Gasteiger partial charge in [0.05, 0.1) is 6.04 Å². The number of nitrogens with zero attached hydrogens (tertiary/aromatic N) is 1. The molecule has 0 radical (unpaired) electrons. The van der Waals surface area contributed by atoms with E-state index in [-0.39, 0.29) is 0 Å². The number of halogens is 1. The summed E-state index contributed by atoms with van der Waals surface area (Å²) in [6, 6.07) is 6.87. The Kier molecular flexibility index (Phi) is 3.89. The lowest BCUT2D eigenvalue weighted by Gasteiger charge is -2.15. The Morgan fingerprint density at radius 1 is 1.30 bits per heavy atom. The van der Waals surface area contributed by atoms with Gasteiger partial charge in [-0.15, -0.1) is 0 Å². The molecule has 20 heavy (non-hydrogen) atoms. The smallest absolute Gasteiger partial charge is 0.342 e. The van der Waals surface area contributed by atoms with Crippen molar-refractivity contribution >= 4 is 21.9 Å². The second-order valence-corrected chi connectivity index (χ2v) is 5.16. The topological polar surface area (TPSA) is 92.2 Å². The lowest BCUT2D eigenvalue weighted by molar-refractivity contribution is 0.0693. The first-order valence-electron chi connectivity index (χ1n) is 5.74. The molecule has 1 aromatic heterocycles. The largest absolute Gasteiger partial charge is 0.477 e. The van der Waals surface area contributed by atoms with E-state index in [0.29, 0.717) is 0 Å². The Labute approximate surface area is 121 Å².